The Hall–Kier alpha value is -2.61. The van der Waals surface area contributed by atoms with Crippen LogP contribution in [0.5, 0.6) is 5.75 Å². The number of fused-ring (bicyclic) bond motifs is 1. The Morgan fingerprint density at radius 3 is 1.92 bits per heavy atom. The lowest BCUT2D eigenvalue weighted by Crippen LogP contribution is -2.11. The van der Waals surface area contributed by atoms with Gasteiger partial charge in [0.15, 0.2) is 5.78 Å². The van der Waals surface area contributed by atoms with E-state index in [4.69, 9.17) is 4.74 Å². The fraction of sp³-hybridized carbons (Fsp3) is 0.541. The van der Waals surface area contributed by atoms with Gasteiger partial charge in [-0.2, -0.15) is 0 Å². The zero-order valence-electron chi connectivity index (χ0n) is 25.0. The van der Waals surface area contributed by atoms with Crippen molar-refractivity contribution in [2.24, 2.45) is 5.92 Å². The van der Waals surface area contributed by atoms with Crippen LogP contribution in [0.1, 0.15) is 126 Å². The topological polar surface area (TPSA) is 26.3 Å². The standard InChI is InChI=1S/C37H52O2/c1-4-6-8-10-11-12-13-15-27-39-36-26-25-34-28-32(21-24-35(34)29-36)18-17-31-19-22-33(23-20-31)37(38)30(3)16-14-9-7-5-2/h19-26,28-30H,4-18,27H2,1-3H3/t30-/m1/s1. The third-order valence-corrected chi connectivity index (χ3v) is 8.02. The largest absolute Gasteiger partial charge is 0.494 e. The Kier molecular flexibility index (Phi) is 14.2. The molecule has 3 aromatic carbocycles. The molecule has 0 heterocycles. The molecule has 212 valence electrons. The van der Waals surface area contributed by atoms with Crippen LogP contribution in [0.2, 0.25) is 0 Å². The highest BCUT2D eigenvalue weighted by Crippen LogP contribution is 2.24. The molecular weight excluding hydrogens is 476 g/mol. The Bertz CT molecular complexity index is 1100. The van der Waals surface area contributed by atoms with Crippen molar-refractivity contribution in [1.82, 2.24) is 0 Å². The molecule has 0 bridgehead atoms. The number of Topliss-reactive ketones (excluding diaryl/α,β-unsaturated/α-hetero) is 1. The summed E-state index contributed by atoms with van der Waals surface area (Å²) in [6.45, 7) is 7.38. The van der Waals surface area contributed by atoms with Crippen molar-refractivity contribution >= 4 is 16.6 Å². The van der Waals surface area contributed by atoms with Gasteiger partial charge in [0.1, 0.15) is 5.75 Å². The normalized spacial score (nSPS) is 12.1. The Morgan fingerprint density at radius 1 is 0.641 bits per heavy atom. The molecule has 2 heteroatoms. The van der Waals surface area contributed by atoms with Crippen molar-refractivity contribution in [1.29, 1.82) is 0 Å². The van der Waals surface area contributed by atoms with E-state index in [1.54, 1.807) is 0 Å². The van der Waals surface area contributed by atoms with Crippen LogP contribution in [0.15, 0.2) is 60.7 Å². The summed E-state index contributed by atoms with van der Waals surface area (Å²) >= 11 is 0. The lowest BCUT2D eigenvalue weighted by Gasteiger charge is -2.11. The van der Waals surface area contributed by atoms with Gasteiger partial charge >= 0.3 is 0 Å². The van der Waals surface area contributed by atoms with E-state index in [2.05, 4.69) is 69.3 Å². The van der Waals surface area contributed by atoms with Crippen molar-refractivity contribution < 1.29 is 9.53 Å². The molecule has 0 N–H and O–H groups in total. The molecule has 0 aliphatic rings. The number of hydrogen-bond acceptors (Lipinski definition) is 2. The predicted octanol–water partition coefficient (Wildman–Crippen LogP) is 10.9. The Labute approximate surface area is 238 Å². The van der Waals surface area contributed by atoms with Gasteiger partial charge in [-0.25, -0.2) is 0 Å². The van der Waals surface area contributed by atoms with Crippen LogP contribution in [0.25, 0.3) is 10.8 Å². The second-order valence-electron chi connectivity index (χ2n) is 11.5. The van der Waals surface area contributed by atoms with Gasteiger partial charge in [0.25, 0.3) is 0 Å². The summed E-state index contributed by atoms with van der Waals surface area (Å²) < 4.78 is 6.04. The molecule has 0 saturated heterocycles. The van der Waals surface area contributed by atoms with E-state index < -0.39 is 0 Å². The summed E-state index contributed by atoms with van der Waals surface area (Å²) in [4.78, 5) is 12.8. The number of ketones is 1. The molecule has 0 aliphatic carbocycles. The zero-order valence-corrected chi connectivity index (χ0v) is 25.0. The van der Waals surface area contributed by atoms with Gasteiger partial charge in [-0.3, -0.25) is 4.79 Å². The third-order valence-electron chi connectivity index (χ3n) is 8.02. The number of carbonyl (C=O) groups excluding carboxylic acids is 1. The summed E-state index contributed by atoms with van der Waals surface area (Å²) in [5.74, 6) is 1.37. The van der Waals surface area contributed by atoms with Crippen LogP contribution in [-0.4, -0.2) is 12.4 Å². The average molecular weight is 529 g/mol. The second kappa shape index (κ2) is 17.9. The van der Waals surface area contributed by atoms with Crippen molar-refractivity contribution in [2.75, 3.05) is 6.61 Å². The average Bonchev–Trinajstić information content (AvgIpc) is 2.97. The summed E-state index contributed by atoms with van der Waals surface area (Å²) in [5.41, 5.74) is 3.48. The number of benzene rings is 3. The quantitative estimate of drug-likeness (QED) is 0.108. The van der Waals surface area contributed by atoms with Gasteiger partial charge in [0, 0.05) is 11.5 Å². The maximum atomic E-state index is 12.8. The molecule has 2 nitrogen and oxygen atoms in total. The van der Waals surface area contributed by atoms with E-state index in [1.807, 2.05) is 12.1 Å². The number of hydrogen-bond donors (Lipinski definition) is 0. The number of rotatable bonds is 20. The second-order valence-corrected chi connectivity index (χ2v) is 11.5. The van der Waals surface area contributed by atoms with Gasteiger partial charge in [-0.05, 0) is 59.7 Å². The van der Waals surface area contributed by atoms with Crippen LogP contribution in [-0.2, 0) is 12.8 Å². The molecule has 0 fully saturated rings. The molecule has 0 radical (unpaired) electrons. The first-order valence-electron chi connectivity index (χ1n) is 15.9. The molecular formula is C37H52O2. The van der Waals surface area contributed by atoms with E-state index in [0.29, 0.717) is 0 Å². The Morgan fingerprint density at radius 2 is 1.21 bits per heavy atom. The van der Waals surface area contributed by atoms with Crippen LogP contribution in [0.4, 0.5) is 0 Å². The van der Waals surface area contributed by atoms with Gasteiger partial charge < -0.3 is 4.74 Å². The highest BCUT2D eigenvalue weighted by atomic mass is 16.5. The fourth-order valence-corrected chi connectivity index (χ4v) is 5.36. The number of unbranched alkanes of at least 4 members (excludes halogenated alkanes) is 10. The smallest absolute Gasteiger partial charge is 0.165 e. The lowest BCUT2D eigenvalue weighted by atomic mass is 9.93. The van der Waals surface area contributed by atoms with E-state index in [0.717, 1.165) is 50.0 Å². The molecule has 0 unspecified atom stereocenters. The summed E-state index contributed by atoms with van der Waals surface area (Å²) in [6.07, 6.45) is 18.4. The number of ether oxygens (including phenoxy) is 1. The monoisotopic (exact) mass is 528 g/mol. The van der Waals surface area contributed by atoms with E-state index in [9.17, 15) is 4.79 Å². The Balaban J connectivity index is 1.41. The highest BCUT2D eigenvalue weighted by molar-refractivity contribution is 5.97. The molecule has 0 aromatic heterocycles. The molecule has 1 atom stereocenters. The first-order valence-corrected chi connectivity index (χ1v) is 15.9. The minimum absolute atomic E-state index is 0.112. The summed E-state index contributed by atoms with van der Waals surface area (Å²) in [5, 5.41) is 2.50. The van der Waals surface area contributed by atoms with Crippen LogP contribution >= 0.6 is 0 Å². The first kappa shape index (κ1) is 30.9. The predicted molar refractivity (Wildman–Crippen MR) is 168 cm³/mol. The minimum atomic E-state index is 0.112. The number of aryl methyl sites for hydroxylation is 2. The highest BCUT2D eigenvalue weighted by Gasteiger charge is 2.14. The minimum Gasteiger partial charge on any atom is -0.494 e. The SMILES string of the molecule is CCCCCCCCCCOc1ccc2cc(CCc3ccc(C(=O)[C@H](C)CCCCCC)cc3)ccc2c1. The molecule has 0 amide bonds. The van der Waals surface area contributed by atoms with Crippen LogP contribution < -0.4 is 4.74 Å². The van der Waals surface area contributed by atoms with Crippen molar-refractivity contribution in [3.8, 4) is 5.75 Å². The van der Waals surface area contributed by atoms with Crippen LogP contribution in [0, 0.1) is 5.92 Å². The van der Waals surface area contributed by atoms with Gasteiger partial charge in [-0.1, -0.05) is 140 Å². The summed E-state index contributed by atoms with van der Waals surface area (Å²) in [7, 11) is 0. The van der Waals surface area contributed by atoms with E-state index in [1.165, 1.54) is 86.1 Å². The third kappa shape index (κ3) is 11.2. The molecule has 0 saturated carbocycles. The first-order chi connectivity index (χ1) is 19.1. The van der Waals surface area contributed by atoms with E-state index >= 15 is 0 Å². The zero-order chi connectivity index (χ0) is 27.7. The fourth-order valence-electron chi connectivity index (χ4n) is 5.36. The molecule has 39 heavy (non-hydrogen) atoms. The van der Waals surface area contributed by atoms with Gasteiger partial charge in [0.05, 0.1) is 6.61 Å². The van der Waals surface area contributed by atoms with Crippen molar-refractivity contribution in [3.05, 3.63) is 77.4 Å². The summed E-state index contributed by atoms with van der Waals surface area (Å²) in [6, 6.07) is 21.5. The van der Waals surface area contributed by atoms with Crippen molar-refractivity contribution in [2.45, 2.75) is 117 Å². The maximum Gasteiger partial charge on any atom is 0.165 e. The molecule has 0 spiro atoms. The lowest BCUT2D eigenvalue weighted by molar-refractivity contribution is 0.0922. The van der Waals surface area contributed by atoms with Gasteiger partial charge in [-0.15, -0.1) is 0 Å². The molecule has 0 aliphatic heterocycles. The van der Waals surface area contributed by atoms with E-state index in [-0.39, 0.29) is 11.7 Å². The van der Waals surface area contributed by atoms with Crippen LogP contribution in [0.3, 0.4) is 0 Å². The molecule has 3 rings (SSSR count). The van der Waals surface area contributed by atoms with Crippen molar-refractivity contribution in [3.63, 3.8) is 0 Å². The maximum absolute atomic E-state index is 12.8. The van der Waals surface area contributed by atoms with Gasteiger partial charge in [0.2, 0.25) is 0 Å². The molecule has 3 aromatic rings. The number of carbonyl (C=O) groups is 1.